The van der Waals surface area contributed by atoms with Crippen LogP contribution >= 0.6 is 11.8 Å². The zero-order chi connectivity index (χ0) is 15.5. The second-order valence-corrected chi connectivity index (χ2v) is 6.62. The smallest absolute Gasteiger partial charge is 0.325 e. The molecule has 21 heavy (non-hydrogen) atoms. The molecule has 2 rings (SSSR count). The van der Waals surface area contributed by atoms with Gasteiger partial charge in [-0.15, -0.1) is 0 Å². The molecule has 1 atom stereocenters. The lowest BCUT2D eigenvalue weighted by Gasteiger charge is -2.27. The maximum Gasteiger partial charge on any atom is 0.325 e. The summed E-state index contributed by atoms with van der Waals surface area (Å²) < 4.78 is 4.90. The molecule has 0 saturated heterocycles. The number of carbonyl (C=O) groups is 1. The highest BCUT2D eigenvalue weighted by Gasteiger charge is 2.38. The molecule has 1 aromatic rings. The second kappa shape index (κ2) is 6.62. The molecule has 6 nitrogen and oxygen atoms in total. The van der Waals surface area contributed by atoms with Gasteiger partial charge in [-0.05, 0) is 33.1 Å². The summed E-state index contributed by atoms with van der Waals surface area (Å²) in [4.78, 5) is 30.3. The van der Waals surface area contributed by atoms with E-state index in [1.54, 1.807) is 6.92 Å². The van der Waals surface area contributed by atoms with Crippen molar-refractivity contribution in [2.45, 2.75) is 49.8 Å². The summed E-state index contributed by atoms with van der Waals surface area (Å²) >= 11 is 1.44. The van der Waals surface area contributed by atoms with Crippen LogP contribution in [0.4, 0.5) is 0 Å². The van der Waals surface area contributed by atoms with Gasteiger partial charge >= 0.3 is 5.97 Å². The van der Waals surface area contributed by atoms with Crippen molar-refractivity contribution in [1.82, 2.24) is 15.3 Å². The number of carbonyl (C=O) groups excluding carboxylic acids is 1. The molecule has 1 aliphatic carbocycles. The Morgan fingerprint density at radius 2 is 2.33 bits per heavy atom. The van der Waals surface area contributed by atoms with Crippen LogP contribution in [0.15, 0.2) is 16.0 Å². The number of ether oxygens (including phenoxy) is 1. The Labute approximate surface area is 128 Å². The molecule has 1 heterocycles. The van der Waals surface area contributed by atoms with Crippen LogP contribution in [0.1, 0.15) is 31.9 Å². The van der Waals surface area contributed by atoms with E-state index in [9.17, 15) is 9.59 Å². The number of rotatable bonds is 7. The third kappa shape index (κ3) is 4.57. The van der Waals surface area contributed by atoms with Crippen LogP contribution in [0, 0.1) is 6.92 Å². The second-order valence-electron chi connectivity index (χ2n) is 5.53. The summed E-state index contributed by atoms with van der Waals surface area (Å²) in [5.74, 6) is 0.415. The van der Waals surface area contributed by atoms with Crippen molar-refractivity contribution in [3.63, 3.8) is 0 Å². The molecule has 1 aliphatic rings. The molecule has 0 bridgehead atoms. The molecular formula is C14H21N3O3S. The Kier molecular flexibility index (Phi) is 5.05. The molecule has 0 aliphatic heterocycles. The van der Waals surface area contributed by atoms with E-state index >= 15 is 0 Å². The zero-order valence-electron chi connectivity index (χ0n) is 12.6. The summed E-state index contributed by atoms with van der Waals surface area (Å²) in [6, 6.07) is 1.87. The Balaban J connectivity index is 1.94. The summed E-state index contributed by atoms with van der Waals surface area (Å²) in [5, 5.41) is 3.93. The fraction of sp³-hybridized carbons (Fsp3) is 0.643. The van der Waals surface area contributed by atoms with Crippen LogP contribution in [0.3, 0.4) is 0 Å². The SMILES string of the molecule is COC(=O)C(C)(CCSc1nc(C)cc(=O)[nH]1)NC1CC1. The number of nitrogens with zero attached hydrogens (tertiary/aromatic N) is 1. The van der Waals surface area contributed by atoms with E-state index in [2.05, 4.69) is 15.3 Å². The monoisotopic (exact) mass is 311 g/mol. The fourth-order valence-electron chi connectivity index (χ4n) is 2.11. The Morgan fingerprint density at radius 3 is 2.90 bits per heavy atom. The molecular weight excluding hydrogens is 290 g/mol. The first-order valence-electron chi connectivity index (χ1n) is 7.00. The van der Waals surface area contributed by atoms with Crippen molar-refractivity contribution in [2.24, 2.45) is 0 Å². The largest absolute Gasteiger partial charge is 0.468 e. The summed E-state index contributed by atoms with van der Waals surface area (Å²) in [7, 11) is 1.40. The van der Waals surface area contributed by atoms with Gasteiger partial charge in [0, 0.05) is 23.6 Å². The first-order valence-corrected chi connectivity index (χ1v) is 7.98. The maximum atomic E-state index is 12.0. The summed E-state index contributed by atoms with van der Waals surface area (Å²) in [6.07, 6.45) is 2.82. The normalized spacial score (nSPS) is 17.3. The average Bonchev–Trinajstić information content (AvgIpc) is 3.20. The predicted octanol–water partition coefficient (Wildman–Crippen LogP) is 1.24. The van der Waals surface area contributed by atoms with Crippen LogP contribution in [0.2, 0.25) is 0 Å². The molecule has 2 N–H and O–H groups in total. The molecule has 7 heteroatoms. The Hall–Kier alpha value is -1.34. The molecule has 0 spiro atoms. The standard InChI is InChI=1S/C14H21N3O3S/c1-9-8-11(18)16-13(15-9)21-7-6-14(2,12(19)20-3)17-10-4-5-10/h8,10,17H,4-7H2,1-3H3,(H,15,16,18). The molecule has 1 saturated carbocycles. The number of nitrogens with one attached hydrogen (secondary N) is 2. The summed E-state index contributed by atoms with van der Waals surface area (Å²) in [6.45, 7) is 3.65. The van der Waals surface area contributed by atoms with Crippen LogP contribution in [-0.2, 0) is 9.53 Å². The lowest BCUT2D eigenvalue weighted by molar-refractivity contribution is -0.148. The highest BCUT2D eigenvalue weighted by atomic mass is 32.2. The van der Waals surface area contributed by atoms with Crippen LogP contribution < -0.4 is 10.9 Å². The highest BCUT2D eigenvalue weighted by Crippen LogP contribution is 2.26. The van der Waals surface area contributed by atoms with Crippen molar-refractivity contribution in [3.8, 4) is 0 Å². The highest BCUT2D eigenvalue weighted by molar-refractivity contribution is 7.99. The number of hydrogen-bond donors (Lipinski definition) is 2. The number of H-pyrrole nitrogens is 1. The third-order valence-electron chi connectivity index (χ3n) is 3.42. The number of thioether (sulfide) groups is 1. The van der Waals surface area contributed by atoms with Gasteiger partial charge in [0.15, 0.2) is 5.16 Å². The van der Waals surface area contributed by atoms with Gasteiger partial charge in [-0.1, -0.05) is 11.8 Å². The zero-order valence-corrected chi connectivity index (χ0v) is 13.4. The number of esters is 1. The quantitative estimate of drug-likeness (QED) is 0.448. The fourth-order valence-corrected chi connectivity index (χ4v) is 3.19. The topological polar surface area (TPSA) is 84.1 Å². The molecule has 0 aromatic carbocycles. The number of methoxy groups -OCH3 is 1. The van der Waals surface area contributed by atoms with Gasteiger partial charge in [-0.2, -0.15) is 0 Å². The summed E-state index contributed by atoms with van der Waals surface area (Å²) in [5.41, 5.74) is -0.155. The van der Waals surface area contributed by atoms with Crippen LogP contribution in [0.25, 0.3) is 0 Å². The first kappa shape index (κ1) is 16.0. The van der Waals surface area contributed by atoms with Gasteiger partial charge in [0.05, 0.1) is 7.11 Å². The van der Waals surface area contributed by atoms with E-state index in [1.807, 2.05) is 6.92 Å². The Morgan fingerprint density at radius 1 is 1.62 bits per heavy atom. The van der Waals surface area contributed by atoms with Gasteiger partial charge in [-0.3, -0.25) is 14.9 Å². The van der Waals surface area contributed by atoms with E-state index < -0.39 is 5.54 Å². The maximum absolute atomic E-state index is 12.0. The molecule has 1 aromatic heterocycles. The van der Waals surface area contributed by atoms with E-state index in [-0.39, 0.29) is 11.5 Å². The van der Waals surface area contributed by atoms with Gasteiger partial charge < -0.3 is 9.72 Å². The van der Waals surface area contributed by atoms with Crippen molar-refractivity contribution in [3.05, 3.63) is 22.1 Å². The minimum atomic E-state index is -0.687. The lowest BCUT2D eigenvalue weighted by Crippen LogP contribution is -2.51. The van der Waals surface area contributed by atoms with Crippen molar-refractivity contribution in [1.29, 1.82) is 0 Å². The predicted molar refractivity (Wildman–Crippen MR) is 81.5 cm³/mol. The number of aromatic amines is 1. The van der Waals surface area contributed by atoms with Crippen LogP contribution in [-0.4, -0.2) is 40.4 Å². The molecule has 116 valence electrons. The van der Waals surface area contributed by atoms with Gasteiger partial charge in [0.25, 0.3) is 5.56 Å². The van der Waals surface area contributed by atoms with E-state index in [1.165, 1.54) is 24.9 Å². The van der Waals surface area contributed by atoms with Gasteiger partial charge in [0.1, 0.15) is 5.54 Å². The van der Waals surface area contributed by atoms with Gasteiger partial charge in [0.2, 0.25) is 0 Å². The number of aromatic nitrogens is 2. The average molecular weight is 311 g/mol. The van der Waals surface area contributed by atoms with Crippen molar-refractivity contribution >= 4 is 17.7 Å². The first-order chi connectivity index (χ1) is 9.93. The third-order valence-corrected chi connectivity index (χ3v) is 4.30. The van der Waals surface area contributed by atoms with Crippen molar-refractivity contribution in [2.75, 3.05) is 12.9 Å². The van der Waals surface area contributed by atoms with Crippen LogP contribution in [0.5, 0.6) is 0 Å². The molecule has 0 radical (unpaired) electrons. The molecule has 1 unspecified atom stereocenters. The van der Waals surface area contributed by atoms with E-state index in [0.717, 1.165) is 12.8 Å². The Bertz CT molecular complexity index is 571. The minimum absolute atomic E-state index is 0.156. The van der Waals surface area contributed by atoms with Crippen molar-refractivity contribution < 1.29 is 9.53 Å². The van der Waals surface area contributed by atoms with Gasteiger partial charge in [-0.25, -0.2) is 4.98 Å². The van der Waals surface area contributed by atoms with E-state index in [0.29, 0.717) is 29.1 Å². The minimum Gasteiger partial charge on any atom is -0.468 e. The molecule has 0 amide bonds. The number of aryl methyl sites for hydroxylation is 1. The molecule has 1 fully saturated rings. The lowest BCUT2D eigenvalue weighted by atomic mass is 9.99. The number of hydrogen-bond acceptors (Lipinski definition) is 6. The van der Waals surface area contributed by atoms with E-state index in [4.69, 9.17) is 4.74 Å².